The Morgan fingerprint density at radius 1 is 1.21 bits per heavy atom. The molecule has 2 N–H and O–H groups in total. The molecule has 2 aliphatic rings. The Labute approximate surface area is 159 Å². The number of hydrogen-bond acceptors (Lipinski definition) is 6. The van der Waals surface area contributed by atoms with Crippen LogP contribution in [0.25, 0.3) is 11.3 Å². The Hall–Kier alpha value is -2.39. The van der Waals surface area contributed by atoms with Crippen LogP contribution < -0.4 is 4.90 Å². The van der Waals surface area contributed by atoms with Gasteiger partial charge in [-0.1, -0.05) is 0 Å². The van der Waals surface area contributed by atoms with Crippen LogP contribution in [0.1, 0.15) is 23.1 Å². The Kier molecular flexibility index (Phi) is 4.67. The standard InChI is InChI=1S/C19H20F3N3O3/c1-10-6-12(19(20,21)22)8-16(27)17(10)13-7-11-2-4-25(18(11)24-23-13)14-9-28-5-3-15(14)26/h6-8,14-15,26-27H,2-5,9H2,1H3/t14-,15-/m1/s1. The molecule has 0 amide bonds. The number of phenolic OH excluding ortho intramolecular Hbond substituents is 1. The lowest BCUT2D eigenvalue weighted by atomic mass is 9.99. The average molecular weight is 395 g/mol. The SMILES string of the molecule is Cc1cc(C(F)(F)F)cc(O)c1-c1cc2c(nn1)N([C@@H]1COCC[C@H]1O)CC2. The molecule has 4 rings (SSSR count). The van der Waals surface area contributed by atoms with Crippen molar-refractivity contribution < 1.29 is 28.1 Å². The molecular weight excluding hydrogens is 375 g/mol. The number of benzene rings is 1. The van der Waals surface area contributed by atoms with E-state index in [0.29, 0.717) is 50.2 Å². The maximum atomic E-state index is 12.9. The lowest BCUT2D eigenvalue weighted by Crippen LogP contribution is -2.49. The minimum absolute atomic E-state index is 0.198. The lowest BCUT2D eigenvalue weighted by molar-refractivity contribution is -0.137. The summed E-state index contributed by atoms with van der Waals surface area (Å²) in [6.07, 6.45) is -3.82. The normalized spacial score (nSPS) is 22.4. The van der Waals surface area contributed by atoms with Crippen molar-refractivity contribution in [1.82, 2.24) is 10.2 Å². The van der Waals surface area contributed by atoms with Gasteiger partial charge in [0.05, 0.1) is 30.0 Å². The lowest BCUT2D eigenvalue weighted by Gasteiger charge is -2.35. The van der Waals surface area contributed by atoms with Crippen LogP contribution >= 0.6 is 0 Å². The van der Waals surface area contributed by atoms with E-state index >= 15 is 0 Å². The zero-order valence-corrected chi connectivity index (χ0v) is 15.2. The van der Waals surface area contributed by atoms with Gasteiger partial charge >= 0.3 is 6.18 Å². The van der Waals surface area contributed by atoms with Gasteiger partial charge in [-0.25, -0.2) is 0 Å². The molecule has 0 radical (unpaired) electrons. The summed E-state index contributed by atoms with van der Waals surface area (Å²) in [4.78, 5) is 1.97. The molecule has 1 aromatic heterocycles. The van der Waals surface area contributed by atoms with Gasteiger partial charge in [0.2, 0.25) is 0 Å². The number of aliphatic hydroxyl groups excluding tert-OH is 1. The van der Waals surface area contributed by atoms with E-state index < -0.39 is 23.6 Å². The molecule has 0 saturated carbocycles. The second-order valence-corrected chi connectivity index (χ2v) is 7.21. The highest BCUT2D eigenvalue weighted by Crippen LogP contribution is 2.40. The monoisotopic (exact) mass is 395 g/mol. The van der Waals surface area contributed by atoms with Gasteiger partial charge in [-0.05, 0) is 43.5 Å². The first-order valence-corrected chi connectivity index (χ1v) is 9.06. The van der Waals surface area contributed by atoms with Crippen LogP contribution in [-0.2, 0) is 17.3 Å². The van der Waals surface area contributed by atoms with E-state index in [9.17, 15) is 23.4 Å². The number of ether oxygens (including phenoxy) is 1. The van der Waals surface area contributed by atoms with Gasteiger partial charge in [0.25, 0.3) is 0 Å². The van der Waals surface area contributed by atoms with Crippen molar-refractivity contribution in [3.63, 3.8) is 0 Å². The summed E-state index contributed by atoms with van der Waals surface area (Å²) in [5.41, 5.74) is 0.805. The summed E-state index contributed by atoms with van der Waals surface area (Å²) in [5.74, 6) is 0.162. The average Bonchev–Trinajstić information content (AvgIpc) is 3.04. The van der Waals surface area contributed by atoms with E-state index in [1.54, 1.807) is 6.07 Å². The summed E-state index contributed by atoms with van der Waals surface area (Å²) in [5, 5.41) is 28.9. The van der Waals surface area contributed by atoms with E-state index in [2.05, 4.69) is 10.2 Å². The molecule has 6 nitrogen and oxygen atoms in total. The zero-order valence-electron chi connectivity index (χ0n) is 15.2. The molecule has 0 aliphatic carbocycles. The fourth-order valence-electron chi connectivity index (χ4n) is 3.92. The van der Waals surface area contributed by atoms with E-state index in [0.717, 1.165) is 11.6 Å². The van der Waals surface area contributed by atoms with Crippen LogP contribution in [-0.4, -0.2) is 52.3 Å². The Morgan fingerprint density at radius 2 is 2.00 bits per heavy atom. The summed E-state index contributed by atoms with van der Waals surface area (Å²) < 4.78 is 44.3. The Bertz CT molecular complexity index is 881. The van der Waals surface area contributed by atoms with Crippen molar-refractivity contribution in [1.29, 1.82) is 0 Å². The van der Waals surface area contributed by atoms with Crippen molar-refractivity contribution >= 4 is 5.82 Å². The second kappa shape index (κ2) is 6.89. The number of anilines is 1. The minimum atomic E-state index is -4.53. The van der Waals surface area contributed by atoms with Gasteiger partial charge in [0.1, 0.15) is 5.75 Å². The van der Waals surface area contributed by atoms with Crippen molar-refractivity contribution in [2.24, 2.45) is 0 Å². The van der Waals surface area contributed by atoms with Gasteiger partial charge in [-0.15, -0.1) is 10.2 Å². The maximum Gasteiger partial charge on any atom is 0.416 e. The topological polar surface area (TPSA) is 78.7 Å². The number of aryl methyl sites for hydroxylation is 1. The van der Waals surface area contributed by atoms with Crippen LogP contribution in [0.2, 0.25) is 0 Å². The molecule has 1 aromatic carbocycles. The van der Waals surface area contributed by atoms with Crippen LogP contribution in [0.5, 0.6) is 5.75 Å². The number of phenols is 1. The highest BCUT2D eigenvalue weighted by molar-refractivity contribution is 5.73. The summed E-state index contributed by atoms with van der Waals surface area (Å²) in [7, 11) is 0. The Balaban J connectivity index is 1.68. The highest BCUT2D eigenvalue weighted by Gasteiger charge is 2.35. The molecule has 9 heteroatoms. The molecule has 1 fully saturated rings. The molecule has 2 aliphatic heterocycles. The van der Waals surface area contributed by atoms with Crippen molar-refractivity contribution in [2.45, 2.75) is 38.1 Å². The van der Waals surface area contributed by atoms with Crippen LogP contribution in [0, 0.1) is 6.92 Å². The zero-order chi connectivity index (χ0) is 20.1. The molecule has 2 atom stereocenters. The van der Waals surface area contributed by atoms with E-state index in [4.69, 9.17) is 4.74 Å². The van der Waals surface area contributed by atoms with E-state index in [-0.39, 0.29) is 17.2 Å². The smallest absolute Gasteiger partial charge is 0.416 e. The number of aromatic hydroxyl groups is 1. The molecule has 2 aromatic rings. The predicted octanol–water partition coefficient (Wildman–Crippen LogP) is 2.69. The van der Waals surface area contributed by atoms with Crippen molar-refractivity contribution in [3.05, 3.63) is 34.9 Å². The largest absolute Gasteiger partial charge is 0.507 e. The molecule has 1 saturated heterocycles. The fourth-order valence-corrected chi connectivity index (χ4v) is 3.92. The fraction of sp³-hybridized carbons (Fsp3) is 0.474. The first kappa shape index (κ1) is 18.9. The quantitative estimate of drug-likeness (QED) is 0.814. The van der Waals surface area contributed by atoms with Crippen LogP contribution in [0.15, 0.2) is 18.2 Å². The third-order valence-electron chi connectivity index (χ3n) is 5.33. The number of aromatic nitrogens is 2. The first-order chi connectivity index (χ1) is 13.3. The molecule has 28 heavy (non-hydrogen) atoms. The first-order valence-electron chi connectivity index (χ1n) is 9.06. The predicted molar refractivity (Wildman–Crippen MR) is 95.2 cm³/mol. The molecule has 0 spiro atoms. The molecule has 0 bridgehead atoms. The molecule has 3 heterocycles. The number of hydrogen-bond donors (Lipinski definition) is 2. The number of halogens is 3. The van der Waals surface area contributed by atoms with E-state index in [1.165, 1.54) is 6.92 Å². The van der Waals surface area contributed by atoms with Gasteiger partial charge in [0, 0.05) is 24.3 Å². The van der Waals surface area contributed by atoms with E-state index in [1.807, 2.05) is 4.90 Å². The van der Waals surface area contributed by atoms with Crippen molar-refractivity contribution in [2.75, 3.05) is 24.7 Å². The number of nitrogens with zero attached hydrogens (tertiary/aromatic N) is 3. The highest BCUT2D eigenvalue weighted by atomic mass is 19.4. The van der Waals surface area contributed by atoms with Crippen LogP contribution in [0.4, 0.5) is 19.0 Å². The summed E-state index contributed by atoms with van der Waals surface area (Å²) in [6.45, 7) is 3.08. The van der Waals surface area contributed by atoms with Crippen molar-refractivity contribution in [3.8, 4) is 17.0 Å². The van der Waals surface area contributed by atoms with Gasteiger partial charge in [-0.2, -0.15) is 13.2 Å². The summed E-state index contributed by atoms with van der Waals surface area (Å²) >= 11 is 0. The number of fused-ring (bicyclic) bond motifs is 1. The number of rotatable bonds is 2. The number of aliphatic hydroxyl groups is 1. The van der Waals surface area contributed by atoms with Gasteiger partial charge in [-0.3, -0.25) is 0 Å². The Morgan fingerprint density at radius 3 is 2.68 bits per heavy atom. The number of alkyl halides is 3. The molecule has 0 unspecified atom stereocenters. The van der Waals surface area contributed by atoms with Gasteiger partial charge < -0.3 is 19.8 Å². The minimum Gasteiger partial charge on any atom is -0.507 e. The third-order valence-corrected chi connectivity index (χ3v) is 5.33. The molecular formula is C19H20F3N3O3. The van der Waals surface area contributed by atoms with Crippen LogP contribution in [0.3, 0.4) is 0 Å². The maximum absolute atomic E-state index is 12.9. The summed E-state index contributed by atoms with van der Waals surface area (Å²) in [6, 6.07) is 3.25. The third kappa shape index (κ3) is 3.29. The molecule has 150 valence electrons. The second-order valence-electron chi connectivity index (χ2n) is 7.21. The van der Waals surface area contributed by atoms with Gasteiger partial charge in [0.15, 0.2) is 5.82 Å².